The second-order valence-corrected chi connectivity index (χ2v) is 39.9. The number of hydrogen-bond acceptors (Lipinski definition) is 22. The maximum atomic E-state index is 14.3. The molecule has 5 aliphatic heterocycles. The molecule has 0 spiro atoms. The predicted molar refractivity (Wildman–Crippen MR) is 497 cm³/mol. The molecule has 27 nitrogen and oxygen atoms in total. The van der Waals surface area contributed by atoms with Crippen LogP contribution in [-0.4, -0.2) is 171 Å². The van der Waals surface area contributed by atoms with E-state index in [1.54, 1.807) is 34.6 Å². The number of phenols is 2. The van der Waals surface area contributed by atoms with Crippen molar-refractivity contribution >= 4 is 64.6 Å². The monoisotopic (exact) mass is 2000 g/mol. The zero-order valence-electron chi connectivity index (χ0n) is 83.1. The first-order chi connectivity index (χ1) is 65.8. The molecule has 5 saturated heterocycles. The van der Waals surface area contributed by atoms with Crippen molar-refractivity contribution in [3.8, 4) is 17.2 Å². The van der Waals surface area contributed by atoms with E-state index < -0.39 is 211 Å². The molecule has 8 aromatic rings. The van der Waals surface area contributed by atoms with E-state index in [0.29, 0.717) is 28.1 Å². The third-order valence-electron chi connectivity index (χ3n) is 27.7. The lowest BCUT2D eigenvalue weighted by molar-refractivity contribution is -0.157. The van der Waals surface area contributed by atoms with E-state index in [1.807, 2.05) is 69.2 Å². The number of hydrogen-bond donors (Lipinski definition) is 7. The molecular weight excluding hydrogens is 1880 g/mol. The van der Waals surface area contributed by atoms with Crippen LogP contribution in [0.5, 0.6) is 17.2 Å². The third-order valence-corrected chi connectivity index (χ3v) is 27.7. The van der Waals surface area contributed by atoms with E-state index in [2.05, 4.69) is 61.1 Å². The molecule has 39 heteroatoms. The summed E-state index contributed by atoms with van der Waals surface area (Å²) in [6.45, 7) is 36.7. The molecule has 0 bridgehead atoms. The summed E-state index contributed by atoms with van der Waals surface area (Å²) in [5, 5.41) is 37.4. The minimum atomic E-state index is -2.34. The van der Waals surface area contributed by atoms with Gasteiger partial charge in [0.1, 0.15) is 35.4 Å². The Kier molecular flexibility index (Phi) is 35.6. The van der Waals surface area contributed by atoms with Crippen LogP contribution in [0.15, 0.2) is 116 Å². The lowest BCUT2D eigenvalue weighted by Gasteiger charge is -2.38. The zero-order valence-corrected chi connectivity index (χ0v) is 83.1. The van der Waals surface area contributed by atoms with Crippen LogP contribution >= 0.6 is 0 Å². The first-order valence-corrected chi connectivity index (χ1v) is 45.4. The Morgan fingerprint density at radius 3 is 1.01 bits per heavy atom. The van der Waals surface area contributed by atoms with E-state index in [4.69, 9.17) is 38.9 Å². The Morgan fingerprint density at radius 1 is 0.408 bits per heavy atom. The number of carbonyl (C=O) groups excluding carboxylic acids is 7. The quantitative estimate of drug-likeness (QED) is 0.0238. The Balaban J connectivity index is 0.000000194. The number of alkyl halides is 2. The number of aromatic nitrogens is 3. The zero-order chi connectivity index (χ0) is 107. The average Bonchev–Trinajstić information content (AvgIpc) is 1.63. The summed E-state index contributed by atoms with van der Waals surface area (Å²) in [6.07, 6.45) is 0.140. The summed E-state index contributed by atoms with van der Waals surface area (Å²) in [6, 6.07) is 20.4. The molecule has 14 rings (SSSR count). The normalized spacial score (nSPS) is 24.3. The molecule has 6 aliphatic rings. The van der Waals surface area contributed by atoms with Crippen LogP contribution in [0.25, 0.3) is 0 Å². The number of primary amides is 1. The lowest BCUT2D eigenvalue weighted by atomic mass is 9.72. The third kappa shape index (κ3) is 25.3. The highest BCUT2D eigenvalue weighted by Gasteiger charge is 2.58. The van der Waals surface area contributed by atoms with E-state index in [-0.39, 0.29) is 105 Å². The number of carbonyl (C=O) groups is 8. The van der Waals surface area contributed by atoms with E-state index in [9.17, 15) is 106 Å². The minimum Gasteiger partial charge on any atom is -0.505 e. The molecule has 0 radical (unpaired) electrons. The van der Waals surface area contributed by atoms with Crippen LogP contribution in [0.2, 0.25) is 0 Å². The van der Waals surface area contributed by atoms with Crippen molar-refractivity contribution < 1.29 is 149 Å². The number of aliphatic carboxylic acids is 1. The molecule has 772 valence electrons. The van der Waals surface area contributed by atoms with Gasteiger partial charge in [0.25, 0.3) is 23.6 Å². The molecule has 15 atom stereocenters. The molecule has 8 N–H and O–H groups in total. The maximum Gasteiger partial charge on any atom is 0.356 e. The van der Waals surface area contributed by atoms with Crippen molar-refractivity contribution in [3.63, 3.8) is 0 Å². The van der Waals surface area contributed by atoms with Crippen LogP contribution in [0.3, 0.4) is 0 Å². The van der Waals surface area contributed by atoms with Gasteiger partial charge in [-0.1, -0.05) is 85.7 Å². The number of anilines is 3. The molecular formula is C103H121F12N7O20. The molecule has 1 saturated carbocycles. The minimum absolute atomic E-state index is 0.00568. The molecule has 5 aromatic carbocycles. The van der Waals surface area contributed by atoms with Gasteiger partial charge in [-0.3, -0.25) is 24.2 Å². The molecule has 1 aliphatic carbocycles. The summed E-state index contributed by atoms with van der Waals surface area (Å²) in [7, 11) is 4.91. The number of nitrogens with two attached hydrogens (primary N) is 1. The number of aromatic hydroxyl groups is 2. The lowest BCUT2D eigenvalue weighted by Crippen LogP contribution is -2.37. The van der Waals surface area contributed by atoms with Gasteiger partial charge < -0.3 is 79.6 Å². The van der Waals surface area contributed by atoms with Gasteiger partial charge >= 0.3 is 23.9 Å². The van der Waals surface area contributed by atoms with Gasteiger partial charge in [0.15, 0.2) is 70.2 Å². The summed E-state index contributed by atoms with van der Waals surface area (Å²) < 4.78 is 210. The first-order valence-electron chi connectivity index (χ1n) is 45.4. The number of nitrogens with one attached hydrogen (secondary N) is 3. The Bertz CT molecular complexity index is 5850. The van der Waals surface area contributed by atoms with Gasteiger partial charge in [0, 0.05) is 94.8 Å². The predicted octanol–water partition coefficient (Wildman–Crippen LogP) is 19.8. The largest absolute Gasteiger partial charge is 0.505 e. The summed E-state index contributed by atoms with van der Waals surface area (Å²) in [5.74, 6) is -24.1. The smallest absolute Gasteiger partial charge is 0.356 e. The highest BCUT2D eigenvalue weighted by Crippen LogP contribution is 2.55. The van der Waals surface area contributed by atoms with Crippen molar-refractivity contribution in [3.05, 3.63) is 230 Å². The van der Waals surface area contributed by atoms with Crippen LogP contribution in [-0.2, 0) is 61.9 Å². The van der Waals surface area contributed by atoms with Crippen LogP contribution in [0.1, 0.15) is 244 Å². The SMILES string of the molecule is CC(C)(C)CC1CC(F)(F)C1.COC(=O)[C@H]1OC(C)(C)[C@@H](C)[C@H]1c1ccc(F)c(F)c1O.COC(=O)c1cc(NC(=O)[C@H]2OC(C)(C)[C@@H](C)[C@H]2c2ccc(F)c(F)c2C)ccn1.COC(=O)c1cc(NC(=O)[C@H]2OC(C)(C)[C@@H](C)[C@H]2c2ccc(F)c(F)c2O)ccn1.COc1c([C@H]2[C@@H](C(=O)Nc3ccnc(C(N)=O)c3)OC(C)(C)[C@H]2C)ccc(F)c1F.Cc1c([C@H]2[C@@H](C(=O)O)OC(C)(C)[C@H]2C)ccc(F)c1F. The highest BCUT2D eigenvalue weighted by molar-refractivity contribution is 5.99. The fraction of sp³-hybridized carbons (Fsp3) is 0.485. The van der Waals surface area contributed by atoms with Gasteiger partial charge in [-0.2, -0.15) is 13.2 Å². The Hall–Kier alpha value is -12.3. The van der Waals surface area contributed by atoms with Crippen LogP contribution in [0.4, 0.5) is 69.7 Å². The number of amides is 4. The highest BCUT2D eigenvalue weighted by atomic mass is 19.3. The molecule has 6 fully saturated rings. The van der Waals surface area contributed by atoms with E-state index in [1.165, 1.54) is 128 Å². The number of pyridine rings is 3. The molecule has 4 amide bonds. The van der Waals surface area contributed by atoms with Crippen molar-refractivity contribution in [2.24, 2.45) is 46.7 Å². The van der Waals surface area contributed by atoms with Gasteiger partial charge in [-0.05, 0) is 219 Å². The number of rotatable bonds is 18. The molecule has 142 heavy (non-hydrogen) atoms. The number of ether oxygens (including phenoxy) is 9. The summed E-state index contributed by atoms with van der Waals surface area (Å²) in [5.41, 5.74) is 4.83. The topological polar surface area (TPSA) is 381 Å². The van der Waals surface area contributed by atoms with Gasteiger partial charge in [0.2, 0.25) is 23.4 Å². The summed E-state index contributed by atoms with van der Waals surface area (Å²) in [4.78, 5) is 109. The van der Waals surface area contributed by atoms with Crippen LogP contribution < -0.4 is 26.4 Å². The van der Waals surface area contributed by atoms with Gasteiger partial charge in [0.05, 0.1) is 56.4 Å². The Morgan fingerprint density at radius 2 is 0.690 bits per heavy atom. The van der Waals surface area contributed by atoms with E-state index in [0.717, 1.165) is 36.8 Å². The first kappa shape index (κ1) is 113. The van der Waals surface area contributed by atoms with Gasteiger partial charge in [-0.25, -0.2) is 68.7 Å². The standard InChI is InChI=1S/C22H24F2N2O4.C21H23F2N3O4.C21H22F2N2O5.C15H18F2O4.C15H18F2O3.C9H16F2/c1-11-14(6-7-15(23)18(11)24)17-12(2)22(3,4)30-19(17)20(27)26-13-8-9-25-16(10-13)21(28)29-5;1-10-15(12-5-6-13(22)16(23)17(12)29-4)18(30-21(10,2)3)20(28)26-11-7-8-25-14(9-11)19(24)27;1-10-15(12-5-6-13(22)16(23)17(12)26)18(30-21(10,2)3)19(27)25-11-7-8-24-14(9-11)20(28)29-4;1-7-10(8-5-6-9(16)11(17)12(8)18)13(14(19)20-4)21-15(7,2)3;1-7-9(5-6-10(16)12(7)17)11-8(2)15(3,4)20-13(11)14(18)19;1-8(2,3)4-7-5-9(10,11)6-7/h6-10,12,17,19H,1-5H3,(H,25,26,27);5-10,15,18H,1-4H3,(H2,24,27)(H,25,26,28);5-10,15,18,26H,1-4H3,(H,24,25,27);5-7,10,13,18H,1-4H3;5-6,8,11,13H,1-4H3,(H,18,19);7H,4-6H2,1-3H3/t12-,17-,19-;2*10-,15-,18-;7-,10-,13-;8-,11-,13-;/m00000./s1. The van der Waals surface area contributed by atoms with Crippen molar-refractivity contribution in [2.75, 3.05) is 44.4 Å². The van der Waals surface area contributed by atoms with Crippen LogP contribution in [0, 0.1) is 113 Å². The number of esters is 3. The molecule has 8 heterocycles. The number of methoxy groups -OCH3 is 4. The van der Waals surface area contributed by atoms with E-state index >= 15 is 0 Å². The fourth-order valence-corrected chi connectivity index (χ4v) is 18.6. The number of benzene rings is 5. The second kappa shape index (κ2) is 44.7. The number of carboxylic acids is 1. The number of phenolic OH excluding ortho intramolecular Hbond substituents is 2. The fourth-order valence-electron chi connectivity index (χ4n) is 18.6. The number of nitrogens with zero attached hydrogens (tertiary/aromatic N) is 3. The number of halogens is 12. The van der Waals surface area contributed by atoms with Crippen molar-refractivity contribution in [1.82, 2.24) is 15.0 Å². The molecule has 3 aromatic heterocycles. The second-order valence-electron chi connectivity index (χ2n) is 39.9. The van der Waals surface area contributed by atoms with Crippen molar-refractivity contribution in [1.29, 1.82) is 0 Å². The maximum absolute atomic E-state index is 14.3. The average molecular weight is 2010 g/mol. The number of carboxylic acid groups (broad SMARTS) is 1. The van der Waals surface area contributed by atoms with Gasteiger partial charge in [-0.15, -0.1) is 0 Å². The van der Waals surface area contributed by atoms with Crippen molar-refractivity contribution in [2.45, 2.75) is 252 Å². The Labute approximate surface area is 814 Å². The molecule has 0 unspecified atom stereocenters. The summed E-state index contributed by atoms with van der Waals surface area (Å²) >= 11 is 0.